The van der Waals surface area contributed by atoms with E-state index < -0.39 is 9.84 Å². The first-order valence-electron chi connectivity index (χ1n) is 6.70. The van der Waals surface area contributed by atoms with E-state index in [2.05, 4.69) is 10.1 Å². The van der Waals surface area contributed by atoms with Crippen molar-refractivity contribution in [2.75, 3.05) is 20.0 Å². The van der Waals surface area contributed by atoms with Crippen molar-refractivity contribution >= 4 is 9.84 Å². The summed E-state index contributed by atoms with van der Waals surface area (Å²) in [6.07, 6.45) is 4.97. The predicted molar refractivity (Wildman–Crippen MR) is 81.8 cm³/mol. The fourth-order valence-electron chi connectivity index (χ4n) is 1.99. The fourth-order valence-corrected chi connectivity index (χ4v) is 3.29. The monoisotopic (exact) mass is 325 g/mol. The van der Waals surface area contributed by atoms with Crippen LogP contribution in [0.1, 0.15) is 11.1 Å². The minimum absolute atomic E-state index is 0.00328. The van der Waals surface area contributed by atoms with E-state index in [1.165, 1.54) is 20.4 Å². The number of ether oxygens (including phenoxy) is 2. The van der Waals surface area contributed by atoms with Crippen molar-refractivity contribution in [1.29, 1.82) is 0 Å². The SMILES string of the molecule is COc1cc(OC)c(CS(=O)(=O)CCn2cc(C)cn2)cn1. The molecule has 0 radical (unpaired) electrons. The maximum atomic E-state index is 12.2. The van der Waals surface area contributed by atoms with Gasteiger partial charge in [-0.3, -0.25) is 4.68 Å². The first-order valence-corrected chi connectivity index (χ1v) is 8.52. The molecule has 2 aromatic heterocycles. The van der Waals surface area contributed by atoms with Crippen molar-refractivity contribution in [3.05, 3.63) is 35.8 Å². The van der Waals surface area contributed by atoms with Gasteiger partial charge in [0, 0.05) is 24.0 Å². The largest absolute Gasteiger partial charge is 0.496 e. The van der Waals surface area contributed by atoms with E-state index in [1.807, 2.05) is 13.1 Å². The summed E-state index contributed by atoms with van der Waals surface area (Å²) in [4.78, 5) is 4.03. The van der Waals surface area contributed by atoms with Gasteiger partial charge in [0.2, 0.25) is 5.88 Å². The van der Waals surface area contributed by atoms with Crippen molar-refractivity contribution in [2.45, 2.75) is 19.2 Å². The highest BCUT2D eigenvalue weighted by molar-refractivity contribution is 7.90. The standard InChI is InChI=1S/C14H19N3O4S/c1-11-7-16-17(9-11)4-5-22(18,19)10-12-8-15-14(21-3)6-13(12)20-2/h6-9H,4-5,10H2,1-3H3. The molecule has 0 N–H and O–H groups in total. The lowest BCUT2D eigenvalue weighted by Crippen LogP contribution is -2.15. The molecule has 0 spiro atoms. The van der Waals surface area contributed by atoms with Gasteiger partial charge in [-0.2, -0.15) is 5.10 Å². The zero-order valence-electron chi connectivity index (χ0n) is 12.8. The summed E-state index contributed by atoms with van der Waals surface area (Å²) in [5, 5.41) is 4.08. The lowest BCUT2D eigenvalue weighted by atomic mass is 10.3. The summed E-state index contributed by atoms with van der Waals surface area (Å²) >= 11 is 0. The van der Waals surface area contributed by atoms with E-state index in [9.17, 15) is 8.42 Å². The summed E-state index contributed by atoms with van der Waals surface area (Å²) in [6.45, 7) is 2.23. The molecule has 0 fully saturated rings. The molecule has 22 heavy (non-hydrogen) atoms. The van der Waals surface area contributed by atoms with Crippen LogP contribution in [0.5, 0.6) is 11.6 Å². The van der Waals surface area contributed by atoms with E-state index in [1.54, 1.807) is 16.9 Å². The molecule has 0 aliphatic heterocycles. The number of rotatable bonds is 7. The van der Waals surface area contributed by atoms with Crippen molar-refractivity contribution in [3.8, 4) is 11.6 Å². The molecule has 0 amide bonds. The van der Waals surface area contributed by atoms with Crippen LogP contribution in [0.2, 0.25) is 0 Å². The molecule has 8 heteroatoms. The Morgan fingerprint density at radius 3 is 2.59 bits per heavy atom. The Hall–Kier alpha value is -2.09. The Balaban J connectivity index is 2.08. The molecule has 0 aromatic carbocycles. The number of aromatic nitrogens is 3. The van der Waals surface area contributed by atoms with Crippen LogP contribution in [0.25, 0.3) is 0 Å². The Morgan fingerprint density at radius 1 is 1.23 bits per heavy atom. The second-order valence-corrected chi connectivity index (χ2v) is 7.10. The third kappa shape index (κ3) is 4.20. The number of nitrogens with zero attached hydrogens (tertiary/aromatic N) is 3. The number of sulfone groups is 1. The quantitative estimate of drug-likeness (QED) is 0.761. The van der Waals surface area contributed by atoms with E-state index in [-0.39, 0.29) is 11.5 Å². The van der Waals surface area contributed by atoms with Gasteiger partial charge in [0.25, 0.3) is 0 Å². The summed E-state index contributed by atoms with van der Waals surface area (Å²) in [5.41, 5.74) is 1.51. The Bertz CT molecular complexity index is 740. The summed E-state index contributed by atoms with van der Waals surface area (Å²) in [7, 11) is -0.324. The third-order valence-electron chi connectivity index (χ3n) is 3.12. The summed E-state index contributed by atoms with van der Waals surface area (Å²) in [5.74, 6) is 0.701. The molecule has 0 aliphatic rings. The minimum Gasteiger partial charge on any atom is -0.496 e. The highest BCUT2D eigenvalue weighted by Crippen LogP contribution is 2.24. The molecule has 0 unspecified atom stereocenters. The third-order valence-corrected chi connectivity index (χ3v) is 4.67. The number of hydrogen-bond donors (Lipinski definition) is 0. The van der Waals surface area contributed by atoms with Crippen LogP contribution in [0, 0.1) is 6.92 Å². The van der Waals surface area contributed by atoms with Gasteiger partial charge in [-0.15, -0.1) is 0 Å². The predicted octanol–water partition coefficient (Wildman–Crippen LogP) is 1.22. The molecule has 2 heterocycles. The van der Waals surface area contributed by atoms with E-state index >= 15 is 0 Å². The van der Waals surface area contributed by atoms with Crippen molar-refractivity contribution in [2.24, 2.45) is 0 Å². The highest BCUT2D eigenvalue weighted by Gasteiger charge is 2.17. The lowest BCUT2D eigenvalue weighted by Gasteiger charge is -2.10. The zero-order valence-corrected chi connectivity index (χ0v) is 13.6. The maximum absolute atomic E-state index is 12.2. The van der Waals surface area contributed by atoms with Gasteiger partial charge in [0.1, 0.15) is 5.75 Å². The van der Waals surface area contributed by atoms with Crippen LogP contribution in [-0.4, -0.2) is 43.2 Å². The molecule has 0 bridgehead atoms. The van der Waals surface area contributed by atoms with Gasteiger partial charge in [-0.05, 0) is 12.5 Å². The summed E-state index contributed by atoms with van der Waals surface area (Å²) < 4.78 is 36.3. The van der Waals surface area contributed by atoms with Crippen molar-refractivity contribution < 1.29 is 17.9 Å². The first-order chi connectivity index (χ1) is 10.4. The van der Waals surface area contributed by atoms with Gasteiger partial charge in [-0.1, -0.05) is 0 Å². The van der Waals surface area contributed by atoms with Crippen molar-refractivity contribution in [3.63, 3.8) is 0 Å². The number of pyridine rings is 1. The van der Waals surface area contributed by atoms with Crippen LogP contribution in [-0.2, 0) is 22.1 Å². The first kappa shape index (κ1) is 16.3. The Labute approximate surface area is 129 Å². The van der Waals surface area contributed by atoms with Crippen LogP contribution in [0.3, 0.4) is 0 Å². The van der Waals surface area contributed by atoms with Gasteiger partial charge >= 0.3 is 0 Å². The topological polar surface area (TPSA) is 83.3 Å². The van der Waals surface area contributed by atoms with Crippen LogP contribution in [0.15, 0.2) is 24.7 Å². The molecular weight excluding hydrogens is 306 g/mol. The Morgan fingerprint density at radius 2 is 2.00 bits per heavy atom. The van der Waals surface area contributed by atoms with E-state index in [4.69, 9.17) is 9.47 Å². The zero-order chi connectivity index (χ0) is 16.2. The smallest absolute Gasteiger partial charge is 0.216 e. The second kappa shape index (κ2) is 6.78. The molecule has 0 atom stereocenters. The molecule has 0 aliphatic carbocycles. The number of aryl methyl sites for hydroxylation is 2. The fraction of sp³-hybridized carbons (Fsp3) is 0.429. The molecule has 2 aromatic rings. The minimum atomic E-state index is -3.30. The molecule has 7 nitrogen and oxygen atoms in total. The van der Waals surface area contributed by atoms with Crippen molar-refractivity contribution in [1.82, 2.24) is 14.8 Å². The van der Waals surface area contributed by atoms with Crippen LogP contribution < -0.4 is 9.47 Å². The molecule has 0 saturated heterocycles. The average Bonchev–Trinajstić information content (AvgIpc) is 2.91. The molecular formula is C14H19N3O4S. The molecule has 0 saturated carbocycles. The maximum Gasteiger partial charge on any atom is 0.216 e. The Kier molecular flexibility index (Phi) is 5.02. The van der Waals surface area contributed by atoms with Gasteiger partial charge < -0.3 is 9.47 Å². The number of methoxy groups -OCH3 is 2. The molecule has 2 rings (SSSR count). The van der Waals surface area contributed by atoms with Gasteiger partial charge in [-0.25, -0.2) is 13.4 Å². The lowest BCUT2D eigenvalue weighted by molar-refractivity contribution is 0.380. The average molecular weight is 325 g/mol. The van der Waals surface area contributed by atoms with Gasteiger partial charge in [0.15, 0.2) is 9.84 Å². The second-order valence-electron chi connectivity index (χ2n) is 4.91. The number of hydrogen-bond acceptors (Lipinski definition) is 6. The highest BCUT2D eigenvalue weighted by atomic mass is 32.2. The molecule has 120 valence electrons. The normalized spacial score (nSPS) is 11.4. The summed E-state index contributed by atoms with van der Waals surface area (Å²) in [6, 6.07) is 1.57. The van der Waals surface area contributed by atoms with Gasteiger partial charge in [0.05, 0.1) is 38.5 Å². The van der Waals surface area contributed by atoms with Crippen LogP contribution >= 0.6 is 0 Å². The van der Waals surface area contributed by atoms with E-state index in [0.717, 1.165) is 5.56 Å². The van der Waals surface area contributed by atoms with E-state index in [0.29, 0.717) is 23.7 Å². The van der Waals surface area contributed by atoms with Crippen LogP contribution in [0.4, 0.5) is 0 Å².